The monoisotopic (exact) mass is 522 g/mol. The van der Waals surface area contributed by atoms with E-state index in [0.717, 1.165) is 11.0 Å². The van der Waals surface area contributed by atoms with E-state index in [1.165, 1.54) is 22.6 Å². The van der Waals surface area contributed by atoms with Crippen molar-refractivity contribution in [3.63, 3.8) is 0 Å². The molecule has 2 aromatic carbocycles. The molecule has 12 heteroatoms. The van der Waals surface area contributed by atoms with Gasteiger partial charge in [-0.05, 0) is 40.8 Å². The van der Waals surface area contributed by atoms with Crippen molar-refractivity contribution in [1.29, 1.82) is 0 Å². The Morgan fingerprint density at radius 3 is 2.53 bits per heavy atom. The third kappa shape index (κ3) is 4.97. The molecular formula is C26H25F3N8O. The minimum atomic E-state index is -4.55. The topological polar surface area (TPSA) is 126 Å². The van der Waals surface area contributed by atoms with Crippen LogP contribution in [-0.4, -0.2) is 43.2 Å². The first-order chi connectivity index (χ1) is 17.9. The molecular weight excluding hydrogens is 497 g/mol. The van der Waals surface area contributed by atoms with Gasteiger partial charge in [0.25, 0.3) is 5.91 Å². The van der Waals surface area contributed by atoms with Crippen molar-refractivity contribution >= 4 is 39.9 Å². The summed E-state index contributed by atoms with van der Waals surface area (Å²) in [7, 11) is 0. The molecule has 3 heterocycles. The molecule has 9 nitrogen and oxygen atoms in total. The number of aromatic amines is 1. The van der Waals surface area contributed by atoms with Crippen LogP contribution < -0.4 is 16.4 Å². The molecule has 0 saturated heterocycles. The zero-order valence-electron chi connectivity index (χ0n) is 20.8. The first-order valence-electron chi connectivity index (χ1n) is 11.7. The lowest BCUT2D eigenvalue weighted by atomic mass is 9.87. The fraction of sp³-hybridized carbons (Fsp3) is 0.231. The number of hydrogen-bond donors (Lipinski definition) is 4. The van der Waals surface area contributed by atoms with Gasteiger partial charge in [0.05, 0.1) is 16.6 Å². The molecule has 0 aliphatic rings. The Kier molecular flexibility index (Phi) is 5.97. The van der Waals surface area contributed by atoms with Crippen LogP contribution in [0.4, 0.5) is 30.6 Å². The number of amides is 1. The maximum absolute atomic E-state index is 12.7. The summed E-state index contributed by atoms with van der Waals surface area (Å²) in [5, 5.41) is 9.18. The molecule has 5 rings (SSSR count). The number of imidazole rings is 1. The van der Waals surface area contributed by atoms with Crippen molar-refractivity contribution in [3.05, 3.63) is 66.1 Å². The van der Waals surface area contributed by atoms with Crippen LogP contribution >= 0.6 is 0 Å². The number of halogens is 3. The second kappa shape index (κ2) is 9.05. The summed E-state index contributed by atoms with van der Waals surface area (Å²) in [6, 6.07) is 13.1. The number of benzene rings is 2. The van der Waals surface area contributed by atoms with E-state index in [1.54, 1.807) is 24.3 Å². The standard InChI is InChI=1S/C26H25F3N8O/c1-25(2,3)15-6-9-18-19(10-15)36-24(35-18)34-16-7-4-14(5-8-16)20-17(23(38)31-12-26(27,28)29)11-37-21(20)22(30)32-13-33-37/h4-11,13H,12H2,1-3H3,(H,31,38)(H2,30,32,33)(H2,34,35,36). The zero-order chi connectivity index (χ0) is 27.2. The van der Waals surface area contributed by atoms with E-state index in [0.29, 0.717) is 28.3 Å². The number of hydrogen-bond acceptors (Lipinski definition) is 6. The van der Waals surface area contributed by atoms with E-state index in [1.807, 2.05) is 11.4 Å². The van der Waals surface area contributed by atoms with E-state index in [9.17, 15) is 18.0 Å². The molecule has 0 unspecified atom stereocenters. The van der Waals surface area contributed by atoms with E-state index < -0.39 is 18.6 Å². The smallest absolute Gasteiger partial charge is 0.382 e. The predicted molar refractivity (Wildman–Crippen MR) is 139 cm³/mol. The summed E-state index contributed by atoms with van der Waals surface area (Å²) in [5.74, 6) is -0.261. The summed E-state index contributed by atoms with van der Waals surface area (Å²) in [5.41, 5.74) is 10.9. The number of rotatable bonds is 5. The molecule has 0 radical (unpaired) electrons. The van der Waals surface area contributed by atoms with Crippen LogP contribution in [0.2, 0.25) is 0 Å². The predicted octanol–water partition coefficient (Wildman–Crippen LogP) is 5.19. The van der Waals surface area contributed by atoms with Gasteiger partial charge >= 0.3 is 6.18 Å². The first kappa shape index (κ1) is 25.1. The van der Waals surface area contributed by atoms with Crippen molar-refractivity contribution in [1.82, 2.24) is 29.9 Å². The number of nitrogens with one attached hydrogen (secondary N) is 3. The number of nitrogens with zero attached hydrogens (tertiary/aromatic N) is 4. The number of nitrogens with two attached hydrogens (primary N) is 1. The van der Waals surface area contributed by atoms with Gasteiger partial charge < -0.3 is 21.4 Å². The SMILES string of the molecule is CC(C)(C)c1ccc2nc(Nc3ccc(-c4c(C(=O)NCC(F)(F)F)cn5ncnc(N)c45)cc3)[nH]c2c1. The van der Waals surface area contributed by atoms with Crippen LogP contribution in [-0.2, 0) is 5.41 Å². The molecule has 3 aromatic heterocycles. The highest BCUT2D eigenvalue weighted by molar-refractivity contribution is 6.07. The van der Waals surface area contributed by atoms with Gasteiger partial charge in [0.1, 0.15) is 18.4 Å². The van der Waals surface area contributed by atoms with Crippen LogP contribution in [0.1, 0.15) is 36.7 Å². The Bertz CT molecular complexity index is 1650. The van der Waals surface area contributed by atoms with Crippen molar-refractivity contribution < 1.29 is 18.0 Å². The maximum Gasteiger partial charge on any atom is 0.405 e. The summed E-state index contributed by atoms with van der Waals surface area (Å²) in [6.45, 7) is 4.97. The van der Waals surface area contributed by atoms with E-state index >= 15 is 0 Å². The highest BCUT2D eigenvalue weighted by atomic mass is 19.4. The lowest BCUT2D eigenvalue weighted by Crippen LogP contribution is -2.33. The van der Waals surface area contributed by atoms with Crippen molar-refractivity contribution in [3.8, 4) is 11.1 Å². The van der Waals surface area contributed by atoms with Crippen molar-refractivity contribution in [2.24, 2.45) is 0 Å². The minimum absolute atomic E-state index is 0.00289. The normalized spacial score (nSPS) is 12.3. The van der Waals surface area contributed by atoms with Crippen LogP contribution in [0.3, 0.4) is 0 Å². The number of fused-ring (bicyclic) bond motifs is 2. The zero-order valence-corrected chi connectivity index (χ0v) is 20.8. The Labute approximate surface area is 215 Å². The van der Waals surface area contributed by atoms with E-state index in [4.69, 9.17) is 5.73 Å². The summed E-state index contributed by atoms with van der Waals surface area (Å²) in [6.07, 6.45) is -2.01. The van der Waals surface area contributed by atoms with Crippen LogP contribution in [0, 0.1) is 0 Å². The average molecular weight is 523 g/mol. The molecule has 0 fully saturated rings. The molecule has 0 saturated carbocycles. The molecule has 5 aromatic rings. The second-order valence-electron chi connectivity index (χ2n) is 9.92. The van der Waals surface area contributed by atoms with Crippen LogP contribution in [0.15, 0.2) is 55.0 Å². The Balaban J connectivity index is 1.46. The molecule has 0 spiro atoms. The van der Waals surface area contributed by atoms with Gasteiger partial charge in [0, 0.05) is 17.4 Å². The largest absolute Gasteiger partial charge is 0.405 e. The van der Waals surface area contributed by atoms with Crippen molar-refractivity contribution in [2.75, 3.05) is 17.6 Å². The molecule has 0 atom stereocenters. The van der Waals surface area contributed by atoms with Crippen LogP contribution in [0.25, 0.3) is 27.7 Å². The minimum Gasteiger partial charge on any atom is -0.382 e. The van der Waals surface area contributed by atoms with E-state index in [-0.39, 0.29) is 16.8 Å². The lowest BCUT2D eigenvalue weighted by molar-refractivity contribution is -0.123. The number of carbonyl (C=O) groups excluding carboxylic acids is 1. The fourth-order valence-corrected chi connectivity index (χ4v) is 4.17. The second-order valence-corrected chi connectivity index (χ2v) is 9.92. The molecule has 5 N–H and O–H groups in total. The quantitative estimate of drug-likeness (QED) is 0.252. The maximum atomic E-state index is 12.7. The summed E-state index contributed by atoms with van der Waals surface area (Å²) < 4.78 is 39.5. The number of alkyl halides is 3. The lowest BCUT2D eigenvalue weighted by Gasteiger charge is -2.18. The molecule has 0 aliphatic heterocycles. The molecule has 1 amide bonds. The third-order valence-corrected chi connectivity index (χ3v) is 6.08. The van der Waals surface area contributed by atoms with Crippen LogP contribution in [0.5, 0.6) is 0 Å². The van der Waals surface area contributed by atoms with E-state index in [2.05, 4.69) is 58.3 Å². The number of anilines is 3. The highest BCUT2D eigenvalue weighted by Gasteiger charge is 2.29. The summed E-state index contributed by atoms with van der Waals surface area (Å²) in [4.78, 5) is 24.5. The van der Waals surface area contributed by atoms with Gasteiger partial charge in [-0.15, -0.1) is 0 Å². The van der Waals surface area contributed by atoms with Crippen molar-refractivity contribution in [2.45, 2.75) is 32.4 Å². The fourth-order valence-electron chi connectivity index (χ4n) is 4.17. The third-order valence-electron chi connectivity index (χ3n) is 6.08. The average Bonchev–Trinajstić information content (AvgIpc) is 3.43. The number of aromatic nitrogens is 5. The molecule has 196 valence electrons. The first-order valence-corrected chi connectivity index (χ1v) is 11.7. The van der Waals surface area contributed by atoms with Gasteiger partial charge in [-0.2, -0.15) is 18.3 Å². The van der Waals surface area contributed by atoms with Gasteiger partial charge in [0.15, 0.2) is 5.82 Å². The Hall–Kier alpha value is -4.61. The Morgan fingerprint density at radius 1 is 1.11 bits per heavy atom. The summed E-state index contributed by atoms with van der Waals surface area (Å²) >= 11 is 0. The van der Waals surface area contributed by atoms with Gasteiger partial charge in [-0.25, -0.2) is 14.5 Å². The van der Waals surface area contributed by atoms with Gasteiger partial charge in [-0.3, -0.25) is 4.79 Å². The molecule has 0 bridgehead atoms. The molecule has 0 aliphatic carbocycles. The van der Waals surface area contributed by atoms with Gasteiger partial charge in [-0.1, -0.05) is 39.0 Å². The van der Waals surface area contributed by atoms with Gasteiger partial charge in [0.2, 0.25) is 5.95 Å². The number of nitrogen functional groups attached to an aromatic ring is 1. The Morgan fingerprint density at radius 2 is 1.84 bits per heavy atom. The number of carbonyl (C=O) groups is 1. The number of H-pyrrole nitrogens is 1. The highest BCUT2D eigenvalue weighted by Crippen LogP contribution is 2.34. The molecule has 38 heavy (non-hydrogen) atoms.